The molecule has 0 saturated heterocycles. The number of rotatable bonds is 25. The van der Waals surface area contributed by atoms with Gasteiger partial charge in [0.2, 0.25) is 41.4 Å². The van der Waals surface area contributed by atoms with Crippen LogP contribution in [-0.4, -0.2) is 139 Å². The lowest BCUT2D eigenvalue weighted by molar-refractivity contribution is -0.142. The highest BCUT2D eigenvalue weighted by atomic mass is 32.1. The minimum Gasteiger partial charge on any atom is -0.481 e. The smallest absolute Gasteiger partial charge is 0.327 e. The number of benzene rings is 1. The molecule has 0 aliphatic rings. The minimum atomic E-state index is -1.82. The number of aromatic amines is 2. The second-order valence-corrected chi connectivity index (χ2v) is 16.0. The van der Waals surface area contributed by atoms with Crippen molar-refractivity contribution in [2.24, 2.45) is 17.6 Å². The Hall–Kier alpha value is -6.14. The first-order valence-electron chi connectivity index (χ1n) is 19.8. The Kier molecular flexibility index (Phi) is 19.9. The summed E-state index contributed by atoms with van der Waals surface area (Å²) in [6.45, 7) is 5.82. The molecule has 7 atom stereocenters. The number of aliphatic carboxylic acids is 2. The number of carboxylic acids is 2. The molecule has 22 nitrogen and oxygen atoms in total. The number of aromatic nitrogens is 3. The summed E-state index contributed by atoms with van der Waals surface area (Å²) in [5.41, 5.74) is 7.45. The molecule has 63 heavy (non-hydrogen) atoms. The SMILES string of the molecule is CC(C)[C@H](NC(=O)CNC(=O)[C@H](Cc1cnc[nH]1)NC(=O)[C@H](CC(=O)O)NC(=O)[C@H](Cc1c[nH]c2ccccc12)NC(=O)[C@@H](NC(=O)[C@@H](N)CS)C(C)C)C(=O)N[C@@H](CS)C(=O)O. The molecular formula is C39H55N11O11S2. The number of fused-ring (bicyclic) bond motifs is 1. The summed E-state index contributed by atoms with van der Waals surface area (Å²) >= 11 is 7.96. The number of hydrogen-bond acceptors (Lipinski definition) is 13. The van der Waals surface area contributed by atoms with E-state index in [9.17, 15) is 53.4 Å². The molecule has 2 heterocycles. The number of H-pyrrole nitrogens is 2. The van der Waals surface area contributed by atoms with E-state index in [-0.39, 0.29) is 24.3 Å². The van der Waals surface area contributed by atoms with Crippen LogP contribution in [0.25, 0.3) is 10.9 Å². The Labute approximate surface area is 373 Å². The van der Waals surface area contributed by atoms with Crippen LogP contribution in [0.15, 0.2) is 43.0 Å². The second-order valence-electron chi connectivity index (χ2n) is 15.2. The lowest BCUT2D eigenvalue weighted by Gasteiger charge is -2.27. The fourth-order valence-electron chi connectivity index (χ4n) is 6.12. The maximum Gasteiger partial charge on any atom is 0.327 e. The van der Waals surface area contributed by atoms with Crippen LogP contribution < -0.4 is 43.0 Å². The third kappa shape index (κ3) is 15.6. The summed E-state index contributed by atoms with van der Waals surface area (Å²) in [6, 6.07) is -2.35. The number of nitrogens with two attached hydrogens (primary N) is 1. The molecule has 0 unspecified atom stereocenters. The Morgan fingerprint density at radius 2 is 1.25 bits per heavy atom. The van der Waals surface area contributed by atoms with E-state index >= 15 is 0 Å². The molecule has 3 aromatic rings. The standard InChI is InChI=1S/C39H55N11O11S2/c1-18(2)31(37(58)48-28(16-63)39(60)61)49-29(51)14-43-34(55)26(10-21-13-41-17-44-21)45-36(57)27(11-30(52)53)46-35(56)25(9-20-12-42-24-8-6-5-7-22(20)24)47-38(59)32(19(3)4)50-33(54)23(40)15-62/h5-8,12-13,17-19,23,25-28,31-32,42,62-63H,9-11,14-16,40H2,1-4H3,(H,41,44)(H,43,55)(H,45,57)(H,46,56)(H,47,59)(H,48,58)(H,49,51)(H,50,54)(H,52,53)(H,60,61)/t23-,25-,26-,27-,28-,31-,32-/m0/s1. The van der Waals surface area contributed by atoms with Crippen molar-refractivity contribution >= 4 is 89.4 Å². The van der Waals surface area contributed by atoms with Crippen molar-refractivity contribution in [3.8, 4) is 0 Å². The Morgan fingerprint density at radius 1 is 0.683 bits per heavy atom. The molecule has 0 fully saturated rings. The highest BCUT2D eigenvalue weighted by Gasteiger charge is 2.35. The summed E-state index contributed by atoms with van der Waals surface area (Å²) in [4.78, 5) is 127. The molecule has 0 saturated carbocycles. The number of carbonyl (C=O) groups excluding carboxylic acids is 7. The molecule has 0 aliphatic heterocycles. The molecule has 13 N–H and O–H groups in total. The maximum atomic E-state index is 14.1. The zero-order chi connectivity index (χ0) is 47.0. The first-order valence-corrected chi connectivity index (χ1v) is 21.1. The van der Waals surface area contributed by atoms with Crippen molar-refractivity contribution in [2.75, 3.05) is 18.1 Å². The van der Waals surface area contributed by atoms with Gasteiger partial charge in [-0.3, -0.25) is 38.4 Å². The molecule has 1 aromatic carbocycles. The maximum absolute atomic E-state index is 14.1. The van der Waals surface area contributed by atoms with Gasteiger partial charge in [-0.2, -0.15) is 25.3 Å². The van der Waals surface area contributed by atoms with Crippen LogP contribution in [0, 0.1) is 11.8 Å². The average Bonchev–Trinajstić information content (AvgIpc) is 3.91. The first-order chi connectivity index (χ1) is 29.7. The summed E-state index contributed by atoms with van der Waals surface area (Å²) in [7, 11) is 0. The molecule has 0 bridgehead atoms. The third-order valence-electron chi connectivity index (χ3n) is 9.62. The molecule has 0 radical (unpaired) electrons. The van der Waals surface area contributed by atoms with Crippen molar-refractivity contribution in [1.82, 2.24) is 52.2 Å². The summed E-state index contributed by atoms with van der Waals surface area (Å²) in [5, 5.41) is 36.9. The summed E-state index contributed by atoms with van der Waals surface area (Å²) in [5.74, 6) is -10.2. The van der Waals surface area contributed by atoms with Crippen molar-refractivity contribution in [3.63, 3.8) is 0 Å². The van der Waals surface area contributed by atoms with Crippen molar-refractivity contribution in [1.29, 1.82) is 0 Å². The van der Waals surface area contributed by atoms with E-state index in [4.69, 9.17) is 5.73 Å². The largest absolute Gasteiger partial charge is 0.481 e. The van der Waals surface area contributed by atoms with Crippen LogP contribution in [0.2, 0.25) is 0 Å². The van der Waals surface area contributed by atoms with E-state index < -0.39 is 120 Å². The number of nitrogens with zero attached hydrogens (tertiary/aromatic N) is 1. The normalized spacial score (nSPS) is 14.6. The van der Waals surface area contributed by atoms with Gasteiger partial charge in [-0.15, -0.1) is 0 Å². The van der Waals surface area contributed by atoms with Gasteiger partial charge in [0.1, 0.15) is 36.3 Å². The number of thiol groups is 2. The first kappa shape index (κ1) is 51.2. The summed E-state index contributed by atoms with van der Waals surface area (Å²) in [6.07, 6.45) is 2.92. The van der Waals surface area contributed by atoms with Gasteiger partial charge in [0, 0.05) is 53.3 Å². The van der Waals surface area contributed by atoms with Crippen LogP contribution in [0.1, 0.15) is 45.4 Å². The third-order valence-corrected chi connectivity index (χ3v) is 10.4. The molecule has 24 heteroatoms. The quantitative estimate of drug-likeness (QED) is 0.0401. The summed E-state index contributed by atoms with van der Waals surface area (Å²) < 4.78 is 0. The van der Waals surface area contributed by atoms with Gasteiger partial charge in [0.05, 0.1) is 25.3 Å². The Bertz CT molecular complexity index is 2100. The average molecular weight is 918 g/mol. The van der Waals surface area contributed by atoms with Gasteiger partial charge in [-0.1, -0.05) is 45.9 Å². The monoisotopic (exact) mass is 917 g/mol. The fourth-order valence-corrected chi connectivity index (χ4v) is 6.53. The number of nitrogens with one attached hydrogen (secondary N) is 9. The number of amides is 7. The van der Waals surface area contributed by atoms with Gasteiger partial charge in [0.15, 0.2) is 0 Å². The Morgan fingerprint density at radius 3 is 1.83 bits per heavy atom. The van der Waals surface area contributed by atoms with Gasteiger partial charge < -0.3 is 63.1 Å². The van der Waals surface area contributed by atoms with Gasteiger partial charge >= 0.3 is 11.9 Å². The number of imidazole rings is 1. The van der Waals surface area contributed by atoms with E-state index in [0.717, 1.165) is 5.52 Å². The zero-order valence-corrected chi connectivity index (χ0v) is 36.8. The zero-order valence-electron chi connectivity index (χ0n) is 35.0. The lowest BCUT2D eigenvalue weighted by atomic mass is 10.00. The van der Waals surface area contributed by atoms with Crippen LogP contribution >= 0.6 is 25.3 Å². The molecule has 344 valence electrons. The molecular weight excluding hydrogens is 863 g/mol. The van der Waals surface area contributed by atoms with Gasteiger partial charge in [-0.25, -0.2) is 9.78 Å². The number of hydrogen-bond donors (Lipinski definition) is 14. The number of para-hydroxylation sites is 1. The molecule has 3 rings (SSSR count). The predicted molar refractivity (Wildman–Crippen MR) is 234 cm³/mol. The van der Waals surface area contributed by atoms with Crippen LogP contribution in [-0.2, 0) is 56.0 Å². The van der Waals surface area contributed by atoms with Crippen LogP contribution in [0.3, 0.4) is 0 Å². The van der Waals surface area contributed by atoms with E-state index in [1.54, 1.807) is 58.2 Å². The topological polar surface area (TPSA) is 349 Å². The number of carboxylic acid groups (broad SMARTS) is 2. The van der Waals surface area contributed by atoms with Gasteiger partial charge in [-0.05, 0) is 23.5 Å². The van der Waals surface area contributed by atoms with E-state index in [0.29, 0.717) is 16.6 Å². The van der Waals surface area contributed by atoms with E-state index in [2.05, 4.69) is 77.4 Å². The molecule has 0 aliphatic carbocycles. The Balaban J connectivity index is 1.85. The van der Waals surface area contributed by atoms with Crippen LogP contribution in [0.4, 0.5) is 0 Å². The number of carbonyl (C=O) groups is 9. The van der Waals surface area contributed by atoms with Crippen molar-refractivity contribution < 1.29 is 53.4 Å². The molecule has 7 amide bonds. The van der Waals surface area contributed by atoms with E-state index in [1.165, 1.54) is 12.5 Å². The van der Waals surface area contributed by atoms with Crippen molar-refractivity contribution in [2.45, 2.75) is 89.3 Å². The van der Waals surface area contributed by atoms with Crippen molar-refractivity contribution in [3.05, 3.63) is 54.2 Å². The molecule has 0 spiro atoms. The predicted octanol–water partition coefficient (Wildman–Crippen LogP) is -2.24. The fraction of sp³-hybridized carbons (Fsp3) is 0.487. The van der Waals surface area contributed by atoms with Crippen LogP contribution in [0.5, 0.6) is 0 Å². The minimum absolute atomic E-state index is 0.00937. The van der Waals surface area contributed by atoms with Gasteiger partial charge in [0.25, 0.3) is 0 Å². The highest BCUT2D eigenvalue weighted by molar-refractivity contribution is 7.80. The highest BCUT2D eigenvalue weighted by Crippen LogP contribution is 2.20. The lowest BCUT2D eigenvalue weighted by Crippen LogP contribution is -2.60. The second kappa shape index (κ2) is 24.5. The van der Waals surface area contributed by atoms with E-state index in [1.807, 2.05) is 0 Å². The molecule has 2 aromatic heterocycles.